The van der Waals surface area contributed by atoms with Crippen molar-refractivity contribution in [3.8, 4) is 0 Å². The molecule has 4 heteroatoms. The van der Waals surface area contributed by atoms with E-state index in [-0.39, 0.29) is 0 Å². The summed E-state index contributed by atoms with van der Waals surface area (Å²) in [5.41, 5.74) is 7.08. The molecule has 0 amide bonds. The molecule has 70 valence electrons. The SMILES string of the molecule is Cc1ccc(Br)c(C(N)C(=O)O)c1. The Morgan fingerprint density at radius 2 is 2.23 bits per heavy atom. The van der Waals surface area contributed by atoms with Gasteiger partial charge in [0.05, 0.1) is 0 Å². The lowest BCUT2D eigenvalue weighted by atomic mass is 10.1. The molecule has 0 radical (unpaired) electrons. The van der Waals surface area contributed by atoms with E-state index >= 15 is 0 Å². The van der Waals surface area contributed by atoms with Crippen molar-refractivity contribution in [3.63, 3.8) is 0 Å². The lowest BCUT2D eigenvalue weighted by molar-refractivity contribution is -0.138. The van der Waals surface area contributed by atoms with Crippen LogP contribution in [-0.2, 0) is 4.79 Å². The third kappa shape index (κ3) is 2.29. The van der Waals surface area contributed by atoms with Crippen LogP contribution < -0.4 is 5.73 Å². The zero-order valence-electron chi connectivity index (χ0n) is 7.12. The van der Waals surface area contributed by atoms with Gasteiger partial charge in [-0.3, -0.25) is 4.79 Å². The first-order chi connectivity index (χ1) is 6.02. The van der Waals surface area contributed by atoms with Crippen LogP contribution in [0.15, 0.2) is 22.7 Å². The number of carboxylic acids is 1. The number of nitrogens with two attached hydrogens (primary N) is 1. The molecule has 0 saturated heterocycles. The predicted octanol–water partition coefficient (Wildman–Crippen LogP) is 1.84. The fraction of sp³-hybridized carbons (Fsp3) is 0.222. The van der Waals surface area contributed by atoms with Crippen LogP contribution in [0.4, 0.5) is 0 Å². The van der Waals surface area contributed by atoms with E-state index in [1.807, 2.05) is 13.0 Å². The summed E-state index contributed by atoms with van der Waals surface area (Å²) in [6, 6.07) is 4.49. The molecule has 0 heterocycles. The average Bonchev–Trinajstić information content (AvgIpc) is 2.08. The van der Waals surface area contributed by atoms with E-state index in [0.29, 0.717) is 5.56 Å². The zero-order valence-corrected chi connectivity index (χ0v) is 8.71. The Kier molecular flexibility index (Phi) is 3.06. The summed E-state index contributed by atoms with van der Waals surface area (Å²) in [5, 5.41) is 8.70. The summed E-state index contributed by atoms with van der Waals surface area (Å²) in [6.45, 7) is 1.89. The Morgan fingerprint density at radius 3 is 2.77 bits per heavy atom. The highest BCUT2D eigenvalue weighted by molar-refractivity contribution is 9.10. The number of benzene rings is 1. The summed E-state index contributed by atoms with van der Waals surface area (Å²) in [7, 11) is 0. The van der Waals surface area contributed by atoms with Crippen molar-refractivity contribution < 1.29 is 9.90 Å². The fourth-order valence-corrected chi connectivity index (χ4v) is 1.53. The van der Waals surface area contributed by atoms with Gasteiger partial charge in [-0.25, -0.2) is 0 Å². The van der Waals surface area contributed by atoms with Crippen molar-refractivity contribution in [1.29, 1.82) is 0 Å². The van der Waals surface area contributed by atoms with E-state index in [4.69, 9.17) is 10.8 Å². The molecule has 0 saturated carbocycles. The van der Waals surface area contributed by atoms with E-state index < -0.39 is 12.0 Å². The summed E-state index contributed by atoms with van der Waals surface area (Å²) in [5.74, 6) is -1.02. The highest BCUT2D eigenvalue weighted by Gasteiger charge is 2.16. The molecule has 0 fully saturated rings. The number of hydrogen-bond donors (Lipinski definition) is 2. The number of aliphatic carboxylic acids is 1. The van der Waals surface area contributed by atoms with Crippen LogP contribution in [0.2, 0.25) is 0 Å². The van der Waals surface area contributed by atoms with Gasteiger partial charge in [0.2, 0.25) is 0 Å². The molecule has 0 aliphatic rings. The van der Waals surface area contributed by atoms with Crippen LogP contribution in [-0.4, -0.2) is 11.1 Å². The molecule has 1 unspecified atom stereocenters. The molecular weight excluding hydrogens is 234 g/mol. The van der Waals surface area contributed by atoms with Crippen LogP contribution in [0, 0.1) is 6.92 Å². The van der Waals surface area contributed by atoms with E-state index in [9.17, 15) is 4.79 Å². The Hall–Kier alpha value is -0.870. The first kappa shape index (κ1) is 10.2. The Labute approximate surface area is 84.7 Å². The van der Waals surface area contributed by atoms with Crippen molar-refractivity contribution in [3.05, 3.63) is 33.8 Å². The standard InChI is InChI=1S/C9H10BrNO2/c1-5-2-3-7(10)6(4-5)8(11)9(12)13/h2-4,8H,11H2,1H3,(H,12,13). The van der Waals surface area contributed by atoms with Gasteiger partial charge in [0.25, 0.3) is 0 Å². The third-order valence-electron chi connectivity index (χ3n) is 1.75. The topological polar surface area (TPSA) is 63.3 Å². The molecule has 1 atom stereocenters. The molecule has 0 aromatic heterocycles. The minimum absolute atomic E-state index is 0.604. The third-order valence-corrected chi connectivity index (χ3v) is 2.47. The molecule has 3 nitrogen and oxygen atoms in total. The van der Waals surface area contributed by atoms with Gasteiger partial charge in [-0.15, -0.1) is 0 Å². The first-order valence-electron chi connectivity index (χ1n) is 3.77. The summed E-state index contributed by atoms with van der Waals surface area (Å²) >= 11 is 3.26. The number of carboxylic acid groups (broad SMARTS) is 1. The van der Waals surface area contributed by atoms with Crippen LogP contribution in [0.25, 0.3) is 0 Å². The van der Waals surface area contributed by atoms with E-state index in [1.165, 1.54) is 0 Å². The first-order valence-corrected chi connectivity index (χ1v) is 4.56. The number of hydrogen-bond acceptors (Lipinski definition) is 2. The summed E-state index contributed by atoms with van der Waals surface area (Å²) in [6.07, 6.45) is 0. The number of rotatable bonds is 2. The van der Waals surface area contributed by atoms with E-state index in [1.54, 1.807) is 12.1 Å². The smallest absolute Gasteiger partial charge is 0.325 e. The van der Waals surface area contributed by atoms with Crippen molar-refractivity contribution >= 4 is 21.9 Å². The minimum atomic E-state index is -1.02. The monoisotopic (exact) mass is 243 g/mol. The van der Waals surface area contributed by atoms with Gasteiger partial charge in [0.15, 0.2) is 0 Å². The second-order valence-corrected chi connectivity index (χ2v) is 3.70. The predicted molar refractivity (Wildman–Crippen MR) is 53.4 cm³/mol. The number of halogens is 1. The molecule has 0 spiro atoms. The Balaban J connectivity index is 3.12. The maximum absolute atomic E-state index is 10.6. The highest BCUT2D eigenvalue weighted by atomic mass is 79.9. The lowest BCUT2D eigenvalue weighted by Crippen LogP contribution is -2.21. The van der Waals surface area contributed by atoms with Crippen molar-refractivity contribution in [2.45, 2.75) is 13.0 Å². The molecule has 1 aromatic rings. The summed E-state index contributed by atoms with van der Waals surface area (Å²) < 4.78 is 0.730. The second kappa shape index (κ2) is 3.89. The molecule has 1 rings (SSSR count). The van der Waals surface area contributed by atoms with Gasteiger partial charge in [-0.05, 0) is 18.6 Å². The maximum atomic E-state index is 10.6. The number of aryl methyl sites for hydroxylation is 1. The van der Waals surface area contributed by atoms with Crippen molar-refractivity contribution in [2.75, 3.05) is 0 Å². The lowest BCUT2D eigenvalue weighted by Gasteiger charge is -2.09. The Morgan fingerprint density at radius 1 is 1.62 bits per heavy atom. The normalized spacial score (nSPS) is 12.5. The van der Waals surface area contributed by atoms with Crippen LogP contribution >= 0.6 is 15.9 Å². The number of carbonyl (C=O) groups is 1. The highest BCUT2D eigenvalue weighted by Crippen LogP contribution is 2.23. The van der Waals surface area contributed by atoms with Gasteiger partial charge < -0.3 is 10.8 Å². The zero-order chi connectivity index (χ0) is 10.0. The minimum Gasteiger partial charge on any atom is -0.480 e. The molecule has 0 aliphatic carbocycles. The van der Waals surface area contributed by atoms with Gasteiger partial charge in [0, 0.05) is 4.47 Å². The second-order valence-electron chi connectivity index (χ2n) is 2.84. The van der Waals surface area contributed by atoms with Crippen molar-refractivity contribution in [1.82, 2.24) is 0 Å². The molecule has 13 heavy (non-hydrogen) atoms. The van der Waals surface area contributed by atoms with E-state index in [2.05, 4.69) is 15.9 Å². The summed E-state index contributed by atoms with van der Waals surface area (Å²) in [4.78, 5) is 10.6. The molecule has 0 aliphatic heterocycles. The molecular formula is C9H10BrNO2. The maximum Gasteiger partial charge on any atom is 0.325 e. The molecule has 0 bridgehead atoms. The quantitative estimate of drug-likeness (QED) is 0.834. The van der Waals surface area contributed by atoms with Crippen LogP contribution in [0.5, 0.6) is 0 Å². The average molecular weight is 244 g/mol. The van der Waals surface area contributed by atoms with Crippen LogP contribution in [0.3, 0.4) is 0 Å². The largest absolute Gasteiger partial charge is 0.480 e. The van der Waals surface area contributed by atoms with Crippen LogP contribution in [0.1, 0.15) is 17.2 Å². The van der Waals surface area contributed by atoms with Gasteiger partial charge in [0.1, 0.15) is 6.04 Å². The fourth-order valence-electron chi connectivity index (χ4n) is 1.03. The van der Waals surface area contributed by atoms with Gasteiger partial charge in [-0.1, -0.05) is 33.6 Å². The van der Waals surface area contributed by atoms with Gasteiger partial charge >= 0.3 is 5.97 Å². The van der Waals surface area contributed by atoms with Crippen molar-refractivity contribution in [2.24, 2.45) is 5.73 Å². The Bertz CT molecular complexity index is 338. The van der Waals surface area contributed by atoms with E-state index in [0.717, 1.165) is 10.0 Å². The molecule has 3 N–H and O–H groups in total. The molecule has 1 aromatic carbocycles. The van der Waals surface area contributed by atoms with Gasteiger partial charge in [-0.2, -0.15) is 0 Å².